The van der Waals surface area contributed by atoms with Crippen molar-refractivity contribution >= 4 is 29.1 Å². The number of methoxy groups -OCH3 is 2. The van der Waals surface area contributed by atoms with Crippen molar-refractivity contribution in [1.29, 1.82) is 0 Å². The number of benzene rings is 4. The molecule has 0 heterocycles. The topological polar surface area (TPSA) is 171 Å². The van der Waals surface area contributed by atoms with Gasteiger partial charge in [0.05, 0.1) is 25.4 Å². The maximum atomic E-state index is 14.4. The number of aliphatic hydroxyl groups is 5. The van der Waals surface area contributed by atoms with Crippen molar-refractivity contribution in [2.45, 2.75) is 78.8 Å². The number of Topliss-reactive ketones (excluding diaryl/α,β-unsaturated/α-hetero) is 2. The van der Waals surface area contributed by atoms with Gasteiger partial charge in [-0.25, -0.2) is 0 Å². The summed E-state index contributed by atoms with van der Waals surface area (Å²) in [6, 6.07) is 13.3. The van der Waals surface area contributed by atoms with Gasteiger partial charge in [0.1, 0.15) is 29.8 Å². The molecule has 4 aromatic carbocycles. The van der Waals surface area contributed by atoms with Crippen LogP contribution in [0, 0.1) is 0 Å². The highest BCUT2D eigenvalue weighted by atomic mass is 32.2. The van der Waals surface area contributed by atoms with Crippen molar-refractivity contribution in [1.82, 2.24) is 0 Å². The van der Waals surface area contributed by atoms with E-state index in [4.69, 9.17) is 9.47 Å². The molecule has 0 spiro atoms. The molecule has 0 amide bonds. The van der Waals surface area contributed by atoms with Crippen molar-refractivity contribution in [2.24, 2.45) is 0 Å². The third-order valence-electron chi connectivity index (χ3n) is 10.6. The maximum absolute atomic E-state index is 14.4. The molecule has 5 atom stereocenters. The molecule has 4 aliphatic carbocycles. The van der Waals surface area contributed by atoms with Crippen LogP contribution in [0.2, 0.25) is 0 Å². The van der Waals surface area contributed by atoms with Crippen LogP contribution >= 0.6 is 11.8 Å². The Hall–Kier alpha value is -4.36. The SMILES string of the molecule is COc1cccc2c1[C@@H](O)c1c(Sc3cc4c(c5c3[C@H](O)c3c(OC)cccc3[C@@H]5O)C(=O)C[C@](C)(O)C4)cc3c(c1C2=O)C(=O)C[C@](C)(O)C3. The Kier molecular flexibility index (Phi) is 7.66. The highest BCUT2D eigenvalue weighted by Crippen LogP contribution is 2.54. The van der Waals surface area contributed by atoms with E-state index in [0.717, 1.165) is 11.8 Å². The van der Waals surface area contributed by atoms with Gasteiger partial charge in [0.15, 0.2) is 17.3 Å². The Morgan fingerprint density at radius 3 is 1.78 bits per heavy atom. The molecule has 8 rings (SSSR count). The summed E-state index contributed by atoms with van der Waals surface area (Å²) in [4.78, 5) is 42.6. The Labute approximate surface area is 297 Å². The van der Waals surface area contributed by atoms with E-state index in [-0.39, 0.29) is 81.7 Å². The number of hydrogen-bond donors (Lipinski definition) is 5. The normalized spacial score (nSPS) is 26.0. The van der Waals surface area contributed by atoms with Gasteiger partial charge in [0.2, 0.25) is 0 Å². The van der Waals surface area contributed by atoms with Crippen molar-refractivity contribution < 1.29 is 49.4 Å². The third kappa shape index (κ3) is 5.02. The molecule has 11 heteroatoms. The lowest BCUT2D eigenvalue weighted by atomic mass is 9.72. The number of ether oxygens (including phenoxy) is 2. The zero-order valence-corrected chi connectivity index (χ0v) is 29.2. The fraction of sp³-hybridized carbons (Fsp3) is 0.325. The van der Waals surface area contributed by atoms with E-state index in [9.17, 15) is 39.9 Å². The number of carbonyl (C=O) groups excluding carboxylic acids is 3. The van der Waals surface area contributed by atoms with Crippen molar-refractivity contribution in [2.75, 3.05) is 14.2 Å². The Morgan fingerprint density at radius 2 is 1.16 bits per heavy atom. The molecule has 5 N–H and O–H groups in total. The van der Waals surface area contributed by atoms with Crippen LogP contribution in [0.5, 0.6) is 11.5 Å². The number of fused-ring (bicyclic) bond motifs is 8. The van der Waals surface area contributed by atoms with Gasteiger partial charge >= 0.3 is 0 Å². The van der Waals surface area contributed by atoms with Gasteiger partial charge in [-0.3, -0.25) is 14.4 Å². The molecular formula is C40H36O10S. The summed E-state index contributed by atoms with van der Waals surface area (Å²) < 4.78 is 11.2. The molecular weight excluding hydrogens is 672 g/mol. The Morgan fingerprint density at radius 1 is 0.627 bits per heavy atom. The minimum atomic E-state index is -1.40. The van der Waals surface area contributed by atoms with Crippen LogP contribution in [0.4, 0.5) is 0 Å². The first-order chi connectivity index (χ1) is 24.2. The highest BCUT2D eigenvalue weighted by molar-refractivity contribution is 7.99. The number of carbonyl (C=O) groups is 3. The van der Waals surface area contributed by atoms with Crippen molar-refractivity contribution in [3.05, 3.63) is 115 Å². The molecule has 0 radical (unpaired) electrons. The van der Waals surface area contributed by atoms with Gasteiger partial charge in [-0.05, 0) is 54.8 Å². The zero-order valence-electron chi connectivity index (χ0n) is 28.4. The predicted octanol–water partition coefficient (Wildman–Crippen LogP) is 4.72. The van der Waals surface area contributed by atoms with Crippen LogP contribution in [0.15, 0.2) is 58.3 Å². The van der Waals surface area contributed by atoms with Crippen LogP contribution in [0.3, 0.4) is 0 Å². The Balaban J connectivity index is 1.42. The minimum Gasteiger partial charge on any atom is -0.496 e. The second-order valence-corrected chi connectivity index (χ2v) is 15.6. The summed E-state index contributed by atoms with van der Waals surface area (Å²) in [5.41, 5.74) is 0.400. The Bertz CT molecular complexity index is 2240. The smallest absolute Gasteiger partial charge is 0.194 e. The first kappa shape index (κ1) is 33.8. The molecule has 0 aromatic heterocycles. The number of hydrogen-bond acceptors (Lipinski definition) is 11. The first-order valence-electron chi connectivity index (χ1n) is 16.7. The zero-order chi connectivity index (χ0) is 36.3. The van der Waals surface area contributed by atoms with Crippen molar-refractivity contribution in [3.63, 3.8) is 0 Å². The lowest BCUT2D eigenvalue weighted by Crippen LogP contribution is -2.38. The first-order valence-corrected chi connectivity index (χ1v) is 17.5. The average Bonchev–Trinajstić information content (AvgIpc) is 3.06. The molecule has 4 aliphatic rings. The molecule has 0 unspecified atom stereocenters. The largest absolute Gasteiger partial charge is 0.496 e. The summed E-state index contributed by atoms with van der Waals surface area (Å²) in [5.74, 6) is -0.639. The standard InChI is InChI=1S/C40H36O10S/c1-39(47)13-17-11-25(31-33(27(17)21(41)15-39)35(43)19-7-5-9-23(49-3)29(19)37(31)45)51-26-12-18-14-40(2,48)16-22(42)28(18)34-32(26)38(46)30-20(36(34)44)8-6-10-24(30)50-4/h5-12,35,37-38,43,45-48H,13-16H2,1-4H3/t35-,37+,38+,39+,40+/m0/s1. The summed E-state index contributed by atoms with van der Waals surface area (Å²) >= 11 is 1.10. The van der Waals surface area contributed by atoms with Gasteiger partial charge in [0.25, 0.3) is 0 Å². The summed E-state index contributed by atoms with van der Waals surface area (Å²) in [7, 11) is 2.89. The molecule has 262 valence electrons. The van der Waals surface area contributed by atoms with E-state index in [1.165, 1.54) is 14.2 Å². The molecule has 10 nitrogen and oxygen atoms in total. The molecule has 0 fully saturated rings. The van der Waals surface area contributed by atoms with Crippen LogP contribution in [0.1, 0.15) is 126 Å². The molecule has 0 saturated carbocycles. The second-order valence-electron chi connectivity index (χ2n) is 14.5. The van der Waals surface area contributed by atoms with E-state index >= 15 is 0 Å². The third-order valence-corrected chi connectivity index (χ3v) is 11.7. The van der Waals surface area contributed by atoms with E-state index in [1.807, 2.05) is 0 Å². The van der Waals surface area contributed by atoms with Crippen LogP contribution in [-0.4, -0.2) is 68.3 Å². The summed E-state index contributed by atoms with van der Waals surface area (Å²) in [5, 5.41) is 58.4. The average molecular weight is 709 g/mol. The van der Waals surface area contributed by atoms with Gasteiger partial charge in [0, 0.05) is 85.5 Å². The lowest BCUT2D eigenvalue weighted by Gasteiger charge is -2.38. The quantitative estimate of drug-likeness (QED) is 0.199. The second kappa shape index (κ2) is 11.6. The van der Waals surface area contributed by atoms with Crippen LogP contribution in [-0.2, 0) is 12.8 Å². The minimum absolute atomic E-state index is 0.0429. The predicted molar refractivity (Wildman–Crippen MR) is 185 cm³/mol. The molecule has 0 saturated heterocycles. The molecule has 4 aromatic rings. The van der Waals surface area contributed by atoms with E-state index in [1.54, 1.807) is 62.4 Å². The van der Waals surface area contributed by atoms with Crippen LogP contribution in [0.25, 0.3) is 0 Å². The van der Waals surface area contributed by atoms with E-state index < -0.39 is 41.1 Å². The summed E-state index contributed by atoms with van der Waals surface area (Å²) in [6.07, 6.45) is -4.31. The highest BCUT2D eigenvalue weighted by Gasteiger charge is 2.45. The molecule has 0 aliphatic heterocycles. The van der Waals surface area contributed by atoms with E-state index in [0.29, 0.717) is 37.8 Å². The summed E-state index contributed by atoms with van der Waals surface area (Å²) in [6.45, 7) is 3.13. The van der Waals surface area contributed by atoms with Gasteiger partial charge in [-0.2, -0.15) is 0 Å². The van der Waals surface area contributed by atoms with Gasteiger partial charge in [-0.15, -0.1) is 0 Å². The monoisotopic (exact) mass is 708 g/mol. The fourth-order valence-corrected chi connectivity index (χ4v) is 9.92. The number of ketones is 3. The van der Waals surface area contributed by atoms with Gasteiger partial charge in [-0.1, -0.05) is 36.0 Å². The molecule has 0 bridgehead atoms. The number of rotatable bonds is 4. The fourth-order valence-electron chi connectivity index (χ4n) is 8.63. The molecule has 51 heavy (non-hydrogen) atoms. The van der Waals surface area contributed by atoms with Crippen LogP contribution < -0.4 is 9.47 Å². The number of aliphatic hydroxyl groups excluding tert-OH is 3. The van der Waals surface area contributed by atoms with E-state index in [2.05, 4.69) is 0 Å². The maximum Gasteiger partial charge on any atom is 0.194 e. The van der Waals surface area contributed by atoms with Crippen molar-refractivity contribution in [3.8, 4) is 11.5 Å². The lowest BCUT2D eigenvalue weighted by molar-refractivity contribution is 0.0394. The van der Waals surface area contributed by atoms with Gasteiger partial charge < -0.3 is 35.0 Å².